The standard InChI is InChI=1S/C16H24N2O4.ClH/c1-11(2)7-14(17)16(20)18-9-12-5-4-6-13(8-12)22-10-15(19)21-3;/h4-6,8,11,14H,7,9-10,17H2,1-3H3,(H,18,20);1H/t14-;/m0./s1. The summed E-state index contributed by atoms with van der Waals surface area (Å²) in [5.74, 6) is 0.298. The molecule has 0 radical (unpaired) electrons. The fourth-order valence-corrected chi connectivity index (χ4v) is 1.88. The molecule has 1 atom stereocenters. The van der Waals surface area contributed by atoms with Crippen LogP contribution in [0.25, 0.3) is 0 Å². The van der Waals surface area contributed by atoms with Crippen LogP contribution in [-0.4, -0.2) is 31.6 Å². The van der Waals surface area contributed by atoms with Gasteiger partial charge in [-0.3, -0.25) is 4.79 Å². The molecule has 0 saturated carbocycles. The number of benzene rings is 1. The third-order valence-electron chi connectivity index (χ3n) is 3.01. The summed E-state index contributed by atoms with van der Waals surface area (Å²) >= 11 is 0. The summed E-state index contributed by atoms with van der Waals surface area (Å²) in [5.41, 5.74) is 6.69. The van der Waals surface area contributed by atoms with Gasteiger partial charge >= 0.3 is 5.97 Å². The molecule has 0 saturated heterocycles. The fraction of sp³-hybridized carbons (Fsp3) is 0.500. The molecule has 3 N–H and O–H groups in total. The molecule has 1 amide bonds. The molecular formula is C16H25ClN2O4. The Morgan fingerprint density at radius 2 is 2.00 bits per heavy atom. The summed E-state index contributed by atoms with van der Waals surface area (Å²) in [5, 5.41) is 2.80. The zero-order valence-electron chi connectivity index (χ0n) is 13.7. The number of esters is 1. The van der Waals surface area contributed by atoms with Gasteiger partial charge in [-0.2, -0.15) is 0 Å². The van der Waals surface area contributed by atoms with E-state index in [-0.39, 0.29) is 24.9 Å². The smallest absolute Gasteiger partial charge is 0.343 e. The van der Waals surface area contributed by atoms with E-state index in [9.17, 15) is 9.59 Å². The number of hydrogen-bond donors (Lipinski definition) is 2. The van der Waals surface area contributed by atoms with Gasteiger partial charge in [-0.25, -0.2) is 4.79 Å². The van der Waals surface area contributed by atoms with Crippen molar-refractivity contribution in [1.82, 2.24) is 5.32 Å². The van der Waals surface area contributed by atoms with Gasteiger partial charge in [0.25, 0.3) is 0 Å². The SMILES string of the molecule is COC(=O)COc1cccc(CNC(=O)[C@@H](N)CC(C)C)c1.Cl. The first-order chi connectivity index (χ1) is 10.4. The van der Waals surface area contributed by atoms with Gasteiger partial charge in [-0.15, -0.1) is 12.4 Å². The Hall–Kier alpha value is -1.79. The molecule has 1 rings (SSSR count). The van der Waals surface area contributed by atoms with Crippen LogP contribution in [0.3, 0.4) is 0 Å². The summed E-state index contributed by atoms with van der Waals surface area (Å²) in [6, 6.07) is 6.65. The molecule has 1 aromatic carbocycles. The second kappa shape index (κ2) is 10.9. The van der Waals surface area contributed by atoms with Gasteiger partial charge in [0, 0.05) is 6.54 Å². The fourth-order valence-electron chi connectivity index (χ4n) is 1.88. The quantitative estimate of drug-likeness (QED) is 0.700. The molecule has 6 nitrogen and oxygen atoms in total. The third kappa shape index (κ3) is 8.42. The van der Waals surface area contributed by atoms with Crippen LogP contribution in [-0.2, 0) is 20.9 Å². The lowest BCUT2D eigenvalue weighted by atomic mass is 10.0. The maximum atomic E-state index is 11.9. The summed E-state index contributed by atoms with van der Waals surface area (Å²) in [4.78, 5) is 22.9. The first-order valence-corrected chi connectivity index (χ1v) is 7.24. The second-order valence-electron chi connectivity index (χ2n) is 5.47. The Labute approximate surface area is 143 Å². The Morgan fingerprint density at radius 3 is 2.61 bits per heavy atom. The molecular weight excluding hydrogens is 320 g/mol. The molecule has 0 aliphatic carbocycles. The number of ether oxygens (including phenoxy) is 2. The van der Waals surface area contributed by atoms with E-state index in [1.807, 2.05) is 19.9 Å². The lowest BCUT2D eigenvalue weighted by Gasteiger charge is -2.14. The number of rotatable bonds is 8. The molecule has 0 aliphatic heterocycles. The third-order valence-corrected chi connectivity index (χ3v) is 3.01. The molecule has 0 bridgehead atoms. The Morgan fingerprint density at radius 1 is 1.30 bits per heavy atom. The van der Waals surface area contributed by atoms with Crippen LogP contribution in [0.2, 0.25) is 0 Å². The normalized spacial score (nSPS) is 11.3. The van der Waals surface area contributed by atoms with Crippen molar-refractivity contribution < 1.29 is 19.1 Å². The van der Waals surface area contributed by atoms with Crippen LogP contribution in [0.1, 0.15) is 25.8 Å². The summed E-state index contributed by atoms with van der Waals surface area (Å²) in [6.07, 6.45) is 0.647. The maximum absolute atomic E-state index is 11.9. The van der Waals surface area contributed by atoms with Crippen molar-refractivity contribution in [3.05, 3.63) is 29.8 Å². The molecule has 7 heteroatoms. The van der Waals surface area contributed by atoms with Crippen molar-refractivity contribution in [3.8, 4) is 5.75 Å². The zero-order valence-corrected chi connectivity index (χ0v) is 14.5. The molecule has 130 valence electrons. The number of amides is 1. The van der Waals surface area contributed by atoms with Crippen molar-refractivity contribution in [2.75, 3.05) is 13.7 Å². The van der Waals surface area contributed by atoms with E-state index in [0.717, 1.165) is 5.56 Å². The lowest BCUT2D eigenvalue weighted by Crippen LogP contribution is -2.41. The summed E-state index contributed by atoms with van der Waals surface area (Å²) in [7, 11) is 1.30. The van der Waals surface area contributed by atoms with Crippen LogP contribution in [0, 0.1) is 5.92 Å². The molecule has 23 heavy (non-hydrogen) atoms. The minimum atomic E-state index is -0.501. The summed E-state index contributed by atoms with van der Waals surface area (Å²) in [6.45, 7) is 4.26. The highest BCUT2D eigenvalue weighted by Crippen LogP contribution is 2.13. The van der Waals surface area contributed by atoms with Crippen LogP contribution in [0.4, 0.5) is 0 Å². The molecule has 0 fully saturated rings. The van der Waals surface area contributed by atoms with Crippen LogP contribution in [0.5, 0.6) is 5.75 Å². The number of hydrogen-bond acceptors (Lipinski definition) is 5. The van der Waals surface area contributed by atoms with Crippen LogP contribution >= 0.6 is 12.4 Å². The van der Waals surface area contributed by atoms with Gasteiger partial charge in [0.1, 0.15) is 5.75 Å². The predicted octanol–water partition coefficient (Wildman–Crippen LogP) is 1.65. The monoisotopic (exact) mass is 344 g/mol. The van der Waals surface area contributed by atoms with E-state index in [1.54, 1.807) is 18.2 Å². The largest absolute Gasteiger partial charge is 0.482 e. The van der Waals surface area contributed by atoms with Crippen LogP contribution < -0.4 is 15.8 Å². The first-order valence-electron chi connectivity index (χ1n) is 7.24. The average Bonchev–Trinajstić information content (AvgIpc) is 2.49. The summed E-state index contributed by atoms with van der Waals surface area (Å²) < 4.78 is 9.80. The molecule has 1 aromatic rings. The molecule has 0 aromatic heterocycles. The highest BCUT2D eigenvalue weighted by molar-refractivity contribution is 5.85. The van der Waals surface area contributed by atoms with Crippen molar-refractivity contribution in [2.24, 2.45) is 11.7 Å². The Balaban J connectivity index is 0.00000484. The molecule has 0 spiro atoms. The van der Waals surface area contributed by atoms with Gasteiger partial charge < -0.3 is 20.5 Å². The van der Waals surface area contributed by atoms with E-state index in [2.05, 4.69) is 10.1 Å². The number of carbonyl (C=O) groups excluding carboxylic acids is 2. The predicted molar refractivity (Wildman–Crippen MR) is 90.5 cm³/mol. The Bertz CT molecular complexity index is 509. The van der Waals surface area contributed by atoms with Gasteiger partial charge in [-0.05, 0) is 30.0 Å². The van der Waals surface area contributed by atoms with Crippen molar-refractivity contribution in [1.29, 1.82) is 0 Å². The van der Waals surface area contributed by atoms with E-state index >= 15 is 0 Å². The van der Waals surface area contributed by atoms with Crippen molar-refractivity contribution in [2.45, 2.75) is 32.9 Å². The van der Waals surface area contributed by atoms with E-state index in [1.165, 1.54) is 7.11 Å². The van der Waals surface area contributed by atoms with Gasteiger partial charge in [0.15, 0.2) is 6.61 Å². The Kier molecular flexibility index (Phi) is 10.0. The van der Waals surface area contributed by atoms with Crippen molar-refractivity contribution in [3.63, 3.8) is 0 Å². The van der Waals surface area contributed by atoms with Gasteiger partial charge in [0.2, 0.25) is 5.91 Å². The zero-order chi connectivity index (χ0) is 16.5. The first kappa shape index (κ1) is 21.2. The molecule has 0 aliphatic rings. The highest BCUT2D eigenvalue weighted by Gasteiger charge is 2.14. The van der Waals surface area contributed by atoms with Gasteiger partial charge in [0.05, 0.1) is 13.2 Å². The lowest BCUT2D eigenvalue weighted by molar-refractivity contribution is -0.142. The van der Waals surface area contributed by atoms with Gasteiger partial charge in [-0.1, -0.05) is 26.0 Å². The number of nitrogens with one attached hydrogen (secondary N) is 1. The highest BCUT2D eigenvalue weighted by atomic mass is 35.5. The topological polar surface area (TPSA) is 90.6 Å². The molecule has 0 heterocycles. The number of carbonyl (C=O) groups is 2. The maximum Gasteiger partial charge on any atom is 0.343 e. The number of nitrogens with two attached hydrogens (primary N) is 1. The number of halogens is 1. The average molecular weight is 345 g/mol. The molecule has 0 unspecified atom stereocenters. The van der Waals surface area contributed by atoms with Crippen LogP contribution in [0.15, 0.2) is 24.3 Å². The van der Waals surface area contributed by atoms with E-state index in [0.29, 0.717) is 24.6 Å². The second-order valence-corrected chi connectivity index (χ2v) is 5.47. The van der Waals surface area contributed by atoms with E-state index < -0.39 is 12.0 Å². The van der Waals surface area contributed by atoms with Crippen molar-refractivity contribution >= 4 is 24.3 Å². The minimum absolute atomic E-state index is 0. The number of methoxy groups -OCH3 is 1. The minimum Gasteiger partial charge on any atom is -0.482 e. The van der Waals surface area contributed by atoms with E-state index in [4.69, 9.17) is 10.5 Å².